The monoisotopic (exact) mass is 356 g/mol. The topological polar surface area (TPSA) is 83.6 Å². The third-order valence-electron chi connectivity index (χ3n) is 4.04. The Hall–Kier alpha value is 0.170. The molecule has 21 heavy (non-hydrogen) atoms. The van der Waals surface area contributed by atoms with Gasteiger partial charge in [0.25, 0.3) is 0 Å². The zero-order valence-electron chi connectivity index (χ0n) is 12.3. The molecular formula is C12H24N2O4S3. The second kappa shape index (κ2) is 7.16. The largest absolute Gasteiger partial charge is 0.313 e. The lowest BCUT2D eigenvalue weighted by molar-refractivity contribution is 0.384. The molecule has 2 aliphatic rings. The van der Waals surface area contributed by atoms with Gasteiger partial charge in [-0.15, -0.1) is 0 Å². The number of thioether (sulfide) groups is 1. The standard InChI is InChI=1S/C12H24N2O4S3/c1-2-20(15,16)12-9-19-8-7-14(12)21(17,18)10-11-5-3-4-6-13-11/h11-13H,2-10H2,1H3. The van der Waals surface area contributed by atoms with Gasteiger partial charge in [-0.2, -0.15) is 16.1 Å². The van der Waals surface area contributed by atoms with Crippen molar-refractivity contribution in [2.24, 2.45) is 0 Å². The summed E-state index contributed by atoms with van der Waals surface area (Å²) in [4.78, 5) is 0. The maximum absolute atomic E-state index is 12.6. The Morgan fingerprint density at radius 3 is 2.62 bits per heavy atom. The first-order valence-corrected chi connectivity index (χ1v) is 11.9. The van der Waals surface area contributed by atoms with Crippen LogP contribution in [0.25, 0.3) is 0 Å². The number of sulfone groups is 1. The van der Waals surface area contributed by atoms with E-state index < -0.39 is 25.2 Å². The van der Waals surface area contributed by atoms with Gasteiger partial charge in [0.05, 0.1) is 5.75 Å². The molecule has 2 saturated heterocycles. The van der Waals surface area contributed by atoms with E-state index in [2.05, 4.69) is 5.32 Å². The zero-order valence-corrected chi connectivity index (χ0v) is 14.8. The number of hydrogen-bond donors (Lipinski definition) is 1. The van der Waals surface area contributed by atoms with E-state index in [4.69, 9.17) is 0 Å². The van der Waals surface area contributed by atoms with Crippen LogP contribution in [-0.4, -0.2) is 68.7 Å². The van der Waals surface area contributed by atoms with Crippen LogP contribution in [-0.2, 0) is 19.9 Å². The average Bonchev–Trinajstić information content (AvgIpc) is 2.48. The van der Waals surface area contributed by atoms with E-state index in [9.17, 15) is 16.8 Å². The Morgan fingerprint density at radius 2 is 2.00 bits per heavy atom. The molecular weight excluding hydrogens is 332 g/mol. The van der Waals surface area contributed by atoms with Gasteiger partial charge in [-0.05, 0) is 19.4 Å². The maximum Gasteiger partial charge on any atom is 0.216 e. The summed E-state index contributed by atoms with van der Waals surface area (Å²) in [5.41, 5.74) is 0. The van der Waals surface area contributed by atoms with Crippen molar-refractivity contribution in [3.05, 3.63) is 0 Å². The number of hydrogen-bond acceptors (Lipinski definition) is 6. The van der Waals surface area contributed by atoms with E-state index >= 15 is 0 Å². The van der Waals surface area contributed by atoms with Gasteiger partial charge in [-0.1, -0.05) is 13.3 Å². The van der Waals surface area contributed by atoms with Crippen LogP contribution in [0.5, 0.6) is 0 Å². The molecule has 2 unspecified atom stereocenters. The van der Waals surface area contributed by atoms with Crippen molar-refractivity contribution in [1.29, 1.82) is 0 Å². The molecule has 124 valence electrons. The van der Waals surface area contributed by atoms with Gasteiger partial charge in [-0.3, -0.25) is 0 Å². The molecule has 0 aromatic carbocycles. The normalized spacial score (nSPS) is 29.4. The Kier molecular flexibility index (Phi) is 5.98. The fourth-order valence-corrected chi connectivity index (χ4v) is 8.40. The van der Waals surface area contributed by atoms with E-state index in [-0.39, 0.29) is 17.5 Å². The van der Waals surface area contributed by atoms with Crippen molar-refractivity contribution in [3.63, 3.8) is 0 Å². The summed E-state index contributed by atoms with van der Waals surface area (Å²) < 4.78 is 50.9. The van der Waals surface area contributed by atoms with Crippen LogP contribution in [0, 0.1) is 0 Å². The third kappa shape index (κ3) is 4.34. The first-order chi connectivity index (χ1) is 9.87. The van der Waals surface area contributed by atoms with E-state index in [1.807, 2.05) is 0 Å². The van der Waals surface area contributed by atoms with E-state index in [1.54, 1.807) is 6.92 Å². The Labute approximate surface area is 132 Å². The minimum Gasteiger partial charge on any atom is -0.313 e. The van der Waals surface area contributed by atoms with Gasteiger partial charge < -0.3 is 5.32 Å². The molecule has 1 N–H and O–H groups in total. The fraction of sp³-hybridized carbons (Fsp3) is 1.00. The van der Waals surface area contributed by atoms with E-state index in [0.717, 1.165) is 25.8 Å². The van der Waals surface area contributed by atoms with Crippen molar-refractivity contribution in [3.8, 4) is 0 Å². The highest BCUT2D eigenvalue weighted by atomic mass is 32.2. The molecule has 0 amide bonds. The Bertz CT molecular complexity index is 541. The zero-order chi connectivity index (χ0) is 15.5. The van der Waals surface area contributed by atoms with Gasteiger partial charge >= 0.3 is 0 Å². The molecule has 2 atom stereocenters. The molecule has 0 aromatic heterocycles. The van der Waals surface area contributed by atoms with Crippen LogP contribution in [0.4, 0.5) is 0 Å². The quantitative estimate of drug-likeness (QED) is 0.761. The highest BCUT2D eigenvalue weighted by Gasteiger charge is 2.40. The Morgan fingerprint density at radius 1 is 1.24 bits per heavy atom. The summed E-state index contributed by atoms with van der Waals surface area (Å²) in [6.07, 6.45) is 2.94. The van der Waals surface area contributed by atoms with Crippen LogP contribution >= 0.6 is 11.8 Å². The first-order valence-electron chi connectivity index (χ1n) is 7.39. The third-order valence-corrected chi connectivity index (χ3v) is 9.43. The lowest BCUT2D eigenvalue weighted by Crippen LogP contribution is -2.53. The molecule has 0 radical (unpaired) electrons. The smallest absolute Gasteiger partial charge is 0.216 e. The first kappa shape index (κ1) is 17.5. The molecule has 0 saturated carbocycles. The second-order valence-corrected chi connectivity index (χ2v) is 11.1. The van der Waals surface area contributed by atoms with Crippen molar-refractivity contribution in [2.45, 2.75) is 37.6 Å². The lowest BCUT2D eigenvalue weighted by Gasteiger charge is -2.35. The maximum atomic E-state index is 12.6. The number of sulfonamides is 1. The van der Waals surface area contributed by atoms with Gasteiger partial charge in [0.15, 0.2) is 9.84 Å². The summed E-state index contributed by atoms with van der Waals surface area (Å²) in [7, 11) is -6.94. The average molecular weight is 357 g/mol. The molecule has 0 aromatic rings. The second-order valence-electron chi connectivity index (χ2n) is 5.52. The number of nitrogens with zero attached hydrogens (tertiary/aromatic N) is 1. The minimum absolute atomic E-state index is 0.00734. The molecule has 2 aliphatic heterocycles. The molecule has 2 rings (SSSR count). The molecule has 2 heterocycles. The van der Waals surface area contributed by atoms with Crippen molar-refractivity contribution >= 4 is 31.6 Å². The predicted molar refractivity (Wildman–Crippen MR) is 86.7 cm³/mol. The van der Waals surface area contributed by atoms with Gasteiger partial charge in [0.1, 0.15) is 5.37 Å². The number of nitrogens with one attached hydrogen (secondary N) is 1. The fourth-order valence-electron chi connectivity index (χ4n) is 2.78. The van der Waals surface area contributed by atoms with Gasteiger partial charge in [-0.25, -0.2) is 16.8 Å². The van der Waals surface area contributed by atoms with Crippen molar-refractivity contribution in [2.75, 3.05) is 36.1 Å². The van der Waals surface area contributed by atoms with Crippen LogP contribution in [0.2, 0.25) is 0 Å². The summed E-state index contributed by atoms with van der Waals surface area (Å²) >= 11 is 1.51. The summed E-state index contributed by atoms with van der Waals surface area (Å²) in [6, 6.07) is -0.0525. The van der Waals surface area contributed by atoms with Crippen LogP contribution in [0.3, 0.4) is 0 Å². The predicted octanol–water partition coefficient (Wildman–Crippen LogP) is 0.268. The minimum atomic E-state index is -3.55. The number of rotatable bonds is 5. The molecule has 0 bridgehead atoms. The summed E-state index contributed by atoms with van der Waals surface area (Å²) in [5.74, 6) is 0.986. The van der Waals surface area contributed by atoms with Crippen molar-refractivity contribution < 1.29 is 16.8 Å². The van der Waals surface area contributed by atoms with Crippen molar-refractivity contribution in [1.82, 2.24) is 9.62 Å². The van der Waals surface area contributed by atoms with Crippen LogP contribution < -0.4 is 5.32 Å². The Balaban J connectivity index is 2.15. The number of piperidine rings is 1. The highest BCUT2D eigenvalue weighted by molar-refractivity contribution is 8.01. The lowest BCUT2D eigenvalue weighted by atomic mass is 10.1. The van der Waals surface area contributed by atoms with E-state index in [0.29, 0.717) is 18.1 Å². The highest BCUT2D eigenvalue weighted by Crippen LogP contribution is 2.25. The SMILES string of the molecule is CCS(=O)(=O)C1CSCCN1S(=O)(=O)CC1CCCCN1. The van der Waals surface area contributed by atoms with Gasteiger partial charge in [0, 0.05) is 29.8 Å². The van der Waals surface area contributed by atoms with Crippen LogP contribution in [0.15, 0.2) is 0 Å². The summed E-state index contributed by atoms with van der Waals surface area (Å²) in [5, 5.41) is 2.33. The van der Waals surface area contributed by atoms with Crippen LogP contribution in [0.1, 0.15) is 26.2 Å². The molecule has 0 spiro atoms. The van der Waals surface area contributed by atoms with Gasteiger partial charge in [0.2, 0.25) is 10.0 Å². The molecule has 6 nitrogen and oxygen atoms in total. The van der Waals surface area contributed by atoms with E-state index in [1.165, 1.54) is 16.1 Å². The summed E-state index contributed by atoms with van der Waals surface area (Å²) in [6.45, 7) is 2.71. The molecule has 0 aliphatic carbocycles. The molecule has 9 heteroatoms. The molecule has 2 fully saturated rings.